The van der Waals surface area contributed by atoms with E-state index in [9.17, 15) is 31.2 Å². The van der Waals surface area contributed by atoms with E-state index < -0.39 is 35.9 Å². The molecule has 0 saturated heterocycles. The number of nitrogens with zero attached hydrogens (tertiary/aromatic N) is 2. The molecule has 0 spiro atoms. The predicted octanol–water partition coefficient (Wildman–Crippen LogP) is -3.44. The third kappa shape index (κ3) is 9.19. The first kappa shape index (κ1) is 30.6. The summed E-state index contributed by atoms with van der Waals surface area (Å²) in [5, 5.41) is 4.87. The SMILES string of the molecule is CC(=O)Nc1ccc(S(=O)(=O)[N-]C(=O)[N-]S(=O)(=O)c2ccc(NC(C)=O)cc2)cc1.[Na+].[Na+]. The van der Waals surface area contributed by atoms with Crippen LogP contribution in [0.5, 0.6) is 0 Å². The van der Waals surface area contributed by atoms with Crippen molar-refractivity contribution in [1.29, 1.82) is 0 Å². The maximum atomic E-state index is 12.2. The average molecular weight is 498 g/mol. The molecule has 4 amide bonds. The van der Waals surface area contributed by atoms with E-state index in [1.807, 2.05) is 0 Å². The zero-order valence-corrected chi connectivity index (χ0v) is 23.3. The summed E-state index contributed by atoms with van der Waals surface area (Å²) in [6, 6.07) is 7.74. The second kappa shape index (κ2) is 12.7. The van der Waals surface area contributed by atoms with Crippen LogP contribution in [-0.2, 0) is 29.6 Å². The van der Waals surface area contributed by atoms with Gasteiger partial charge in [-0.1, -0.05) is 0 Å². The van der Waals surface area contributed by atoms with E-state index in [0.717, 1.165) is 24.3 Å². The number of anilines is 2. The Labute approximate surface area is 229 Å². The van der Waals surface area contributed by atoms with Gasteiger partial charge in [-0.25, -0.2) is 16.8 Å². The monoisotopic (exact) mass is 498 g/mol. The molecule has 2 N–H and O–H groups in total. The summed E-state index contributed by atoms with van der Waals surface area (Å²) in [6.45, 7) is 2.54. The molecule has 0 saturated carbocycles. The average Bonchev–Trinajstić information content (AvgIpc) is 2.60. The fourth-order valence-electron chi connectivity index (χ4n) is 2.15. The Bertz CT molecular complexity index is 1090. The molecular weight excluding hydrogens is 482 g/mol. The van der Waals surface area contributed by atoms with E-state index in [0.29, 0.717) is 11.4 Å². The normalized spacial score (nSPS) is 10.6. The number of sulfonamides is 2. The first-order valence-corrected chi connectivity index (χ1v) is 11.0. The molecule has 0 unspecified atom stereocenters. The van der Waals surface area contributed by atoms with Crippen LogP contribution in [-0.4, -0.2) is 34.7 Å². The van der Waals surface area contributed by atoms with Gasteiger partial charge in [-0.2, -0.15) is 0 Å². The van der Waals surface area contributed by atoms with E-state index >= 15 is 0 Å². The van der Waals surface area contributed by atoms with E-state index in [2.05, 4.69) is 20.1 Å². The van der Waals surface area contributed by atoms with Crippen LogP contribution in [0.15, 0.2) is 58.3 Å². The fraction of sp³-hybridized carbons (Fsp3) is 0.118. The van der Waals surface area contributed by atoms with Gasteiger partial charge in [0.2, 0.25) is 11.8 Å². The molecule has 0 bridgehead atoms. The van der Waals surface area contributed by atoms with E-state index in [-0.39, 0.29) is 70.9 Å². The summed E-state index contributed by atoms with van der Waals surface area (Å²) >= 11 is 0. The van der Waals surface area contributed by atoms with Gasteiger partial charge in [0.1, 0.15) is 20.0 Å². The number of nitrogens with one attached hydrogen (secondary N) is 2. The number of benzene rings is 2. The summed E-state index contributed by atoms with van der Waals surface area (Å²) in [7, 11) is -9.04. The van der Waals surface area contributed by atoms with Gasteiger partial charge in [-0.05, 0) is 54.6 Å². The largest absolute Gasteiger partial charge is 1.00 e. The van der Waals surface area contributed by atoms with Crippen molar-refractivity contribution in [3.05, 3.63) is 58.0 Å². The third-order valence-corrected chi connectivity index (χ3v) is 5.87. The molecule has 0 atom stereocenters. The predicted molar refractivity (Wildman–Crippen MR) is 108 cm³/mol. The summed E-state index contributed by atoms with van der Waals surface area (Å²) < 4.78 is 54.5. The Hall–Kier alpha value is -1.45. The van der Waals surface area contributed by atoms with Crippen molar-refractivity contribution in [3.63, 3.8) is 0 Å². The number of rotatable bonds is 6. The molecule has 0 aromatic heterocycles. The summed E-state index contributed by atoms with van der Waals surface area (Å²) in [5.41, 5.74) is 0.644. The first-order valence-electron chi connectivity index (χ1n) is 8.14. The van der Waals surface area contributed by atoms with Crippen molar-refractivity contribution in [2.24, 2.45) is 0 Å². The zero-order chi connectivity index (χ0) is 22.5. The molecule has 2 aromatic rings. The number of amides is 4. The third-order valence-electron chi connectivity index (χ3n) is 3.34. The van der Waals surface area contributed by atoms with Crippen molar-refractivity contribution < 1.29 is 90.3 Å². The number of hydrogen-bond donors (Lipinski definition) is 2. The van der Waals surface area contributed by atoms with Gasteiger partial charge in [0, 0.05) is 25.2 Å². The Morgan fingerprint density at radius 1 is 0.625 bits per heavy atom. The van der Waals surface area contributed by atoms with Crippen molar-refractivity contribution in [2.45, 2.75) is 23.6 Å². The topological polar surface area (TPSA) is 172 Å². The first-order chi connectivity index (χ1) is 13.9. The van der Waals surface area contributed by atoms with Gasteiger partial charge < -0.3 is 24.9 Å². The number of urea groups is 1. The summed E-state index contributed by atoms with van der Waals surface area (Å²) in [6.07, 6.45) is 0. The molecule has 160 valence electrons. The fourth-order valence-corrected chi connectivity index (χ4v) is 3.87. The van der Waals surface area contributed by atoms with Crippen LogP contribution in [0.2, 0.25) is 0 Å². The van der Waals surface area contributed by atoms with Gasteiger partial charge in [0.25, 0.3) is 0 Å². The molecule has 0 fully saturated rings. The van der Waals surface area contributed by atoms with Gasteiger partial charge in [-0.3, -0.25) is 9.59 Å². The van der Waals surface area contributed by atoms with Crippen molar-refractivity contribution in [3.8, 4) is 0 Å². The van der Waals surface area contributed by atoms with Crippen LogP contribution in [0.3, 0.4) is 0 Å². The molecule has 0 aliphatic carbocycles. The quantitative estimate of drug-likeness (QED) is 0.390. The Morgan fingerprint density at radius 2 is 0.906 bits per heavy atom. The van der Waals surface area contributed by atoms with E-state index in [1.165, 1.54) is 38.1 Å². The van der Waals surface area contributed by atoms with Gasteiger partial charge in [0.15, 0.2) is 0 Å². The van der Waals surface area contributed by atoms with Gasteiger partial charge >= 0.3 is 59.1 Å². The summed E-state index contributed by atoms with van der Waals surface area (Å²) in [4.78, 5) is 33.0. The standard InChI is InChI=1S/C17H18N4O7S2.2Na/c1-11(22)18-13-3-7-15(8-4-13)29(25,26)20-17(24)21-30(27,28)16-9-5-14(6-10-16)19-12(2)23;;/h3-10H,1-2H3,(H4,18,19,20,21,22,23,24);;/q;2*+1/p-2. The molecule has 0 heterocycles. The van der Waals surface area contributed by atoms with Gasteiger partial charge in [0.05, 0.1) is 9.79 Å². The minimum absolute atomic E-state index is 0. The summed E-state index contributed by atoms with van der Waals surface area (Å²) in [5.74, 6) is -0.723. The Balaban J connectivity index is 0.00000480. The van der Waals surface area contributed by atoms with Crippen LogP contribution >= 0.6 is 0 Å². The van der Waals surface area contributed by atoms with Crippen LogP contribution < -0.4 is 69.7 Å². The number of carbonyl (C=O) groups excluding carboxylic acids is 3. The second-order valence-corrected chi connectivity index (χ2v) is 9.03. The Kier molecular flexibility index (Phi) is 12.1. The van der Waals surface area contributed by atoms with Crippen molar-refractivity contribution in [2.75, 3.05) is 10.6 Å². The number of hydrogen-bond acceptors (Lipinski definition) is 7. The van der Waals surface area contributed by atoms with Crippen LogP contribution in [0.1, 0.15) is 13.8 Å². The molecule has 2 rings (SSSR count). The van der Waals surface area contributed by atoms with E-state index in [4.69, 9.17) is 0 Å². The number of carbonyl (C=O) groups is 3. The van der Waals surface area contributed by atoms with Crippen LogP contribution in [0.25, 0.3) is 9.44 Å². The van der Waals surface area contributed by atoms with Crippen LogP contribution in [0.4, 0.5) is 16.2 Å². The van der Waals surface area contributed by atoms with Crippen LogP contribution in [0, 0.1) is 0 Å². The molecule has 0 radical (unpaired) electrons. The second-order valence-electron chi connectivity index (χ2n) is 5.83. The maximum Gasteiger partial charge on any atom is 1.00 e. The minimum atomic E-state index is -4.52. The molecule has 0 aliphatic rings. The Morgan fingerprint density at radius 3 is 1.16 bits per heavy atom. The smallest absolute Gasteiger partial charge is 0.557 e. The van der Waals surface area contributed by atoms with Gasteiger partial charge in [-0.15, -0.1) is 0 Å². The zero-order valence-electron chi connectivity index (χ0n) is 17.7. The maximum absolute atomic E-state index is 12.2. The van der Waals surface area contributed by atoms with E-state index in [1.54, 1.807) is 0 Å². The van der Waals surface area contributed by atoms with Crippen molar-refractivity contribution >= 4 is 49.3 Å². The molecule has 15 heteroatoms. The molecule has 0 aliphatic heterocycles. The van der Waals surface area contributed by atoms with Crippen molar-refractivity contribution in [1.82, 2.24) is 0 Å². The molecule has 32 heavy (non-hydrogen) atoms. The molecular formula is C17H16N4Na2O7S2. The molecule has 2 aromatic carbocycles. The minimum Gasteiger partial charge on any atom is -0.557 e. The molecule has 11 nitrogen and oxygen atoms in total.